The third-order valence-corrected chi connectivity index (χ3v) is 3.36. The van der Waals surface area contributed by atoms with E-state index in [1.54, 1.807) is 20.8 Å². The summed E-state index contributed by atoms with van der Waals surface area (Å²) in [5, 5.41) is 11.8. The maximum atomic E-state index is 12.1. The summed E-state index contributed by atoms with van der Waals surface area (Å²) in [4.78, 5) is 35.0. The molecule has 0 heterocycles. The number of carboxylic acid groups (broad SMARTS) is 1. The van der Waals surface area contributed by atoms with Gasteiger partial charge in [-0.1, -0.05) is 23.2 Å². The minimum atomic E-state index is -1.41. The molecule has 6 nitrogen and oxygen atoms in total. The number of aliphatic carboxylic acids is 1. The van der Waals surface area contributed by atoms with E-state index in [0.29, 0.717) is 0 Å². The zero-order valence-electron chi connectivity index (χ0n) is 12.9. The van der Waals surface area contributed by atoms with Gasteiger partial charge in [0.25, 0.3) is 0 Å². The van der Waals surface area contributed by atoms with Crippen molar-refractivity contribution < 1.29 is 24.2 Å². The number of nitrogens with one attached hydrogen (secondary N) is 1. The Morgan fingerprint density at radius 3 is 2.30 bits per heavy atom. The number of hydrogen-bond donors (Lipinski definition) is 2. The van der Waals surface area contributed by atoms with Gasteiger partial charge in [0, 0.05) is 12.0 Å². The molecular weight excluding hydrogens is 345 g/mol. The Morgan fingerprint density at radius 1 is 1.22 bits per heavy atom. The molecule has 2 N–H and O–H groups in total. The van der Waals surface area contributed by atoms with Gasteiger partial charge in [-0.05, 0) is 39.0 Å². The molecule has 0 aliphatic carbocycles. The van der Waals surface area contributed by atoms with E-state index in [1.807, 2.05) is 0 Å². The molecule has 1 rings (SSSR count). The first kappa shape index (κ1) is 19.3. The summed E-state index contributed by atoms with van der Waals surface area (Å²) in [7, 11) is 0. The van der Waals surface area contributed by atoms with Crippen molar-refractivity contribution in [2.45, 2.75) is 38.8 Å². The predicted molar refractivity (Wildman–Crippen MR) is 86.2 cm³/mol. The highest BCUT2D eigenvalue weighted by Gasteiger charge is 2.26. The third kappa shape index (κ3) is 6.46. The topological polar surface area (TPSA) is 92.7 Å². The molecule has 0 unspecified atom stereocenters. The first-order valence-corrected chi connectivity index (χ1v) is 7.46. The van der Waals surface area contributed by atoms with Gasteiger partial charge >= 0.3 is 12.1 Å². The van der Waals surface area contributed by atoms with E-state index in [9.17, 15) is 14.4 Å². The fourth-order valence-corrected chi connectivity index (χ4v) is 1.92. The second-order valence-electron chi connectivity index (χ2n) is 5.79. The molecule has 0 aliphatic rings. The largest absolute Gasteiger partial charge is 0.480 e. The van der Waals surface area contributed by atoms with E-state index in [-0.39, 0.29) is 15.6 Å². The second kappa shape index (κ2) is 7.66. The number of carbonyl (C=O) groups excluding carboxylic acids is 2. The van der Waals surface area contributed by atoms with Crippen molar-refractivity contribution in [2.75, 3.05) is 0 Å². The van der Waals surface area contributed by atoms with Crippen LogP contribution in [0.25, 0.3) is 0 Å². The lowest BCUT2D eigenvalue weighted by Gasteiger charge is -2.21. The minimum Gasteiger partial charge on any atom is -0.480 e. The summed E-state index contributed by atoms with van der Waals surface area (Å²) in [5.41, 5.74) is -0.572. The number of halogens is 2. The third-order valence-electron chi connectivity index (χ3n) is 2.62. The summed E-state index contributed by atoms with van der Waals surface area (Å²) < 4.78 is 4.98. The number of ketones is 1. The minimum absolute atomic E-state index is 0.185. The van der Waals surface area contributed by atoms with Crippen LogP contribution in [0.15, 0.2) is 18.2 Å². The number of hydrogen-bond acceptors (Lipinski definition) is 4. The average molecular weight is 362 g/mol. The summed E-state index contributed by atoms with van der Waals surface area (Å²) >= 11 is 11.6. The van der Waals surface area contributed by atoms with E-state index < -0.39 is 35.9 Å². The molecule has 8 heteroatoms. The van der Waals surface area contributed by atoms with Crippen molar-refractivity contribution in [1.82, 2.24) is 5.32 Å². The lowest BCUT2D eigenvalue weighted by molar-refractivity contribution is -0.139. The molecule has 1 atom stereocenters. The van der Waals surface area contributed by atoms with Crippen LogP contribution in [0.4, 0.5) is 4.79 Å². The highest BCUT2D eigenvalue weighted by molar-refractivity contribution is 6.42. The molecule has 1 aromatic rings. The quantitative estimate of drug-likeness (QED) is 0.782. The summed E-state index contributed by atoms with van der Waals surface area (Å²) in [6.45, 7) is 4.93. The smallest absolute Gasteiger partial charge is 0.408 e. The first-order chi connectivity index (χ1) is 10.5. The van der Waals surface area contributed by atoms with E-state index in [1.165, 1.54) is 18.2 Å². The standard InChI is InChI=1S/C15H17Cl2NO5/c1-15(2,3)23-14(22)18-11(13(20)21)7-12(19)8-4-5-9(16)10(17)6-8/h4-6,11H,7H2,1-3H3,(H,18,22)(H,20,21)/t11-/m1/s1. The van der Waals surface area contributed by atoms with Crippen molar-refractivity contribution in [3.63, 3.8) is 0 Å². The number of ether oxygens (including phenoxy) is 1. The Bertz CT molecular complexity index is 625. The highest BCUT2D eigenvalue weighted by atomic mass is 35.5. The Hall–Kier alpha value is -1.79. The Balaban J connectivity index is 2.79. The van der Waals surface area contributed by atoms with Crippen LogP contribution >= 0.6 is 23.2 Å². The lowest BCUT2D eigenvalue weighted by atomic mass is 10.0. The monoisotopic (exact) mass is 361 g/mol. The van der Waals surface area contributed by atoms with Gasteiger partial charge in [0.15, 0.2) is 5.78 Å². The van der Waals surface area contributed by atoms with Crippen molar-refractivity contribution >= 4 is 41.0 Å². The van der Waals surface area contributed by atoms with Gasteiger partial charge in [0.1, 0.15) is 11.6 Å². The summed E-state index contributed by atoms with van der Waals surface area (Å²) in [5.74, 6) is -1.84. The SMILES string of the molecule is CC(C)(C)OC(=O)N[C@H](CC(=O)c1ccc(Cl)c(Cl)c1)C(=O)O. The van der Waals surface area contributed by atoms with Crippen LogP contribution in [0.1, 0.15) is 37.6 Å². The van der Waals surface area contributed by atoms with Crippen LogP contribution in [-0.2, 0) is 9.53 Å². The fourth-order valence-electron chi connectivity index (χ4n) is 1.62. The van der Waals surface area contributed by atoms with Crippen LogP contribution < -0.4 is 5.32 Å². The number of benzene rings is 1. The molecule has 1 aromatic carbocycles. The van der Waals surface area contributed by atoms with Gasteiger partial charge < -0.3 is 15.2 Å². The Morgan fingerprint density at radius 2 is 1.83 bits per heavy atom. The maximum Gasteiger partial charge on any atom is 0.408 e. The van der Waals surface area contributed by atoms with Gasteiger partial charge in [-0.15, -0.1) is 0 Å². The molecule has 0 spiro atoms. The number of rotatable bonds is 5. The second-order valence-corrected chi connectivity index (χ2v) is 6.61. The van der Waals surface area contributed by atoms with E-state index in [4.69, 9.17) is 33.0 Å². The molecule has 0 saturated carbocycles. The van der Waals surface area contributed by atoms with E-state index >= 15 is 0 Å². The summed E-state index contributed by atoms with van der Waals surface area (Å²) in [6.07, 6.45) is -1.35. The molecule has 0 bridgehead atoms. The van der Waals surface area contributed by atoms with Crippen LogP contribution in [0.3, 0.4) is 0 Å². The van der Waals surface area contributed by atoms with Crippen LogP contribution in [0.2, 0.25) is 10.0 Å². The molecule has 0 saturated heterocycles. The normalized spacial score (nSPS) is 12.4. The summed E-state index contributed by atoms with van der Waals surface area (Å²) in [6, 6.07) is 2.81. The number of carbonyl (C=O) groups is 3. The molecule has 0 radical (unpaired) electrons. The van der Waals surface area contributed by atoms with Crippen LogP contribution in [0.5, 0.6) is 0 Å². The van der Waals surface area contributed by atoms with Crippen molar-refractivity contribution in [1.29, 1.82) is 0 Å². The lowest BCUT2D eigenvalue weighted by Crippen LogP contribution is -2.44. The van der Waals surface area contributed by atoms with Crippen LogP contribution in [0, 0.1) is 0 Å². The fraction of sp³-hybridized carbons (Fsp3) is 0.400. The zero-order chi connectivity index (χ0) is 17.8. The molecule has 23 heavy (non-hydrogen) atoms. The molecule has 1 amide bonds. The Labute approximate surface area is 143 Å². The average Bonchev–Trinajstić information content (AvgIpc) is 2.38. The van der Waals surface area contributed by atoms with E-state index in [0.717, 1.165) is 0 Å². The molecule has 0 aromatic heterocycles. The number of carboxylic acids is 1. The van der Waals surface area contributed by atoms with Crippen molar-refractivity contribution in [3.05, 3.63) is 33.8 Å². The van der Waals surface area contributed by atoms with Crippen molar-refractivity contribution in [2.24, 2.45) is 0 Å². The molecule has 0 aliphatic heterocycles. The van der Waals surface area contributed by atoms with Gasteiger partial charge in [0.2, 0.25) is 0 Å². The highest BCUT2D eigenvalue weighted by Crippen LogP contribution is 2.23. The van der Waals surface area contributed by atoms with Crippen molar-refractivity contribution in [3.8, 4) is 0 Å². The zero-order valence-corrected chi connectivity index (χ0v) is 14.4. The van der Waals surface area contributed by atoms with Gasteiger partial charge in [-0.2, -0.15) is 0 Å². The molecule has 0 fully saturated rings. The Kier molecular flexibility index (Phi) is 6.41. The number of amides is 1. The van der Waals surface area contributed by atoms with Crippen LogP contribution in [-0.4, -0.2) is 34.6 Å². The number of alkyl carbamates (subject to hydrolysis) is 1. The van der Waals surface area contributed by atoms with Gasteiger partial charge in [0.05, 0.1) is 10.0 Å². The molecular formula is C15H17Cl2NO5. The molecule has 126 valence electrons. The predicted octanol–water partition coefficient (Wildman–Crippen LogP) is 3.54. The number of Topliss-reactive ketones (excluding diaryl/α,β-unsaturated/α-hetero) is 1. The van der Waals surface area contributed by atoms with Gasteiger partial charge in [-0.3, -0.25) is 4.79 Å². The first-order valence-electron chi connectivity index (χ1n) is 6.70. The van der Waals surface area contributed by atoms with Gasteiger partial charge in [-0.25, -0.2) is 9.59 Å². The maximum absolute atomic E-state index is 12.1. The van der Waals surface area contributed by atoms with E-state index in [2.05, 4.69) is 5.32 Å².